The lowest BCUT2D eigenvalue weighted by Gasteiger charge is -2.12. The van der Waals surface area contributed by atoms with E-state index < -0.39 is 0 Å². The van der Waals surface area contributed by atoms with Crippen molar-refractivity contribution in [2.45, 2.75) is 13.5 Å². The van der Waals surface area contributed by atoms with E-state index in [-0.39, 0.29) is 0 Å². The number of aromatic nitrogens is 2. The molecule has 4 nitrogen and oxygen atoms in total. The van der Waals surface area contributed by atoms with Crippen LogP contribution in [0, 0.1) is 6.92 Å². The predicted molar refractivity (Wildman–Crippen MR) is 82.2 cm³/mol. The van der Waals surface area contributed by atoms with Crippen LogP contribution >= 0.6 is 0 Å². The van der Waals surface area contributed by atoms with Crippen molar-refractivity contribution in [3.63, 3.8) is 0 Å². The lowest BCUT2D eigenvalue weighted by molar-refractivity contribution is 0.389. The van der Waals surface area contributed by atoms with Gasteiger partial charge in [0.05, 0.1) is 17.2 Å². The molecule has 3 aromatic rings. The standard InChI is InChI=1S/C16H19N3O/c1-11-8-12(20)9-14-16(11)13-4-5-17-10-15(13)19(14)7-6-18(2)3/h4-5,8-10,20H,6-7H2,1-3H3. The first-order chi connectivity index (χ1) is 9.58. The van der Waals surface area contributed by atoms with Crippen LogP contribution in [0.15, 0.2) is 30.6 Å². The normalized spacial score (nSPS) is 11.8. The van der Waals surface area contributed by atoms with Gasteiger partial charge in [0.1, 0.15) is 5.75 Å². The first kappa shape index (κ1) is 12.9. The molecule has 0 saturated heterocycles. The molecular formula is C16H19N3O. The summed E-state index contributed by atoms with van der Waals surface area (Å²) in [6, 6.07) is 5.71. The molecule has 0 atom stereocenters. The highest BCUT2D eigenvalue weighted by Gasteiger charge is 2.13. The van der Waals surface area contributed by atoms with E-state index in [2.05, 4.69) is 28.5 Å². The molecule has 0 radical (unpaired) electrons. The van der Waals surface area contributed by atoms with Crippen LogP contribution in [0.1, 0.15) is 5.56 Å². The fraction of sp³-hybridized carbons (Fsp3) is 0.312. The van der Waals surface area contributed by atoms with Gasteiger partial charge in [-0.3, -0.25) is 4.98 Å². The third-order valence-electron chi connectivity index (χ3n) is 3.72. The van der Waals surface area contributed by atoms with Crippen LogP contribution in [-0.4, -0.2) is 40.2 Å². The van der Waals surface area contributed by atoms with E-state index in [0.29, 0.717) is 5.75 Å². The average molecular weight is 269 g/mol. The summed E-state index contributed by atoms with van der Waals surface area (Å²) in [4.78, 5) is 6.41. The molecule has 0 aliphatic rings. The van der Waals surface area contributed by atoms with Gasteiger partial charge >= 0.3 is 0 Å². The van der Waals surface area contributed by atoms with E-state index in [1.54, 1.807) is 0 Å². The smallest absolute Gasteiger partial charge is 0.117 e. The second-order valence-electron chi connectivity index (χ2n) is 5.50. The Balaban J connectivity index is 2.33. The van der Waals surface area contributed by atoms with Crippen LogP contribution in [0.25, 0.3) is 21.8 Å². The summed E-state index contributed by atoms with van der Waals surface area (Å²) in [5.74, 6) is 0.317. The Morgan fingerprint density at radius 1 is 1.25 bits per heavy atom. The minimum Gasteiger partial charge on any atom is -0.508 e. The molecule has 0 spiro atoms. The van der Waals surface area contributed by atoms with Gasteiger partial charge in [0, 0.05) is 36.1 Å². The first-order valence-electron chi connectivity index (χ1n) is 6.78. The maximum absolute atomic E-state index is 9.90. The zero-order chi connectivity index (χ0) is 14.3. The summed E-state index contributed by atoms with van der Waals surface area (Å²) < 4.78 is 2.24. The molecule has 1 N–H and O–H groups in total. The largest absolute Gasteiger partial charge is 0.508 e. The van der Waals surface area contributed by atoms with Gasteiger partial charge in [-0.15, -0.1) is 0 Å². The molecule has 0 unspecified atom stereocenters. The summed E-state index contributed by atoms with van der Waals surface area (Å²) in [5, 5.41) is 12.3. The van der Waals surface area contributed by atoms with E-state index in [1.807, 2.05) is 37.5 Å². The third-order valence-corrected chi connectivity index (χ3v) is 3.72. The molecule has 0 fully saturated rings. The van der Waals surface area contributed by atoms with E-state index in [1.165, 1.54) is 10.8 Å². The number of pyridine rings is 1. The van der Waals surface area contributed by atoms with E-state index >= 15 is 0 Å². The van der Waals surface area contributed by atoms with Gasteiger partial charge < -0.3 is 14.6 Å². The topological polar surface area (TPSA) is 41.3 Å². The van der Waals surface area contributed by atoms with Crippen LogP contribution in [0.2, 0.25) is 0 Å². The number of hydrogen-bond donors (Lipinski definition) is 1. The second kappa shape index (κ2) is 4.80. The van der Waals surface area contributed by atoms with E-state index in [9.17, 15) is 5.11 Å². The molecule has 2 heterocycles. The Kier molecular flexibility index (Phi) is 3.10. The zero-order valence-electron chi connectivity index (χ0n) is 12.1. The van der Waals surface area contributed by atoms with Gasteiger partial charge in [0.15, 0.2) is 0 Å². The monoisotopic (exact) mass is 269 g/mol. The molecule has 0 amide bonds. The summed E-state index contributed by atoms with van der Waals surface area (Å²) >= 11 is 0. The van der Waals surface area contributed by atoms with Crippen molar-refractivity contribution in [3.05, 3.63) is 36.2 Å². The Bertz CT molecular complexity index is 774. The van der Waals surface area contributed by atoms with Crippen molar-refractivity contribution in [3.8, 4) is 5.75 Å². The van der Waals surface area contributed by atoms with Crippen molar-refractivity contribution in [2.24, 2.45) is 0 Å². The lowest BCUT2D eigenvalue weighted by Crippen LogP contribution is -2.18. The number of aryl methyl sites for hydroxylation is 1. The van der Waals surface area contributed by atoms with Crippen LogP contribution in [0.5, 0.6) is 5.75 Å². The number of nitrogens with zero attached hydrogens (tertiary/aromatic N) is 3. The van der Waals surface area contributed by atoms with Gasteiger partial charge in [-0.25, -0.2) is 0 Å². The highest BCUT2D eigenvalue weighted by Crippen LogP contribution is 2.33. The molecule has 1 aromatic carbocycles. The molecule has 3 rings (SSSR count). The molecule has 0 saturated carbocycles. The molecule has 0 aliphatic carbocycles. The third kappa shape index (κ3) is 2.02. The molecule has 104 valence electrons. The molecule has 0 bridgehead atoms. The quantitative estimate of drug-likeness (QED) is 0.795. The summed E-state index contributed by atoms with van der Waals surface area (Å²) in [6.45, 7) is 3.86. The van der Waals surface area contributed by atoms with Crippen molar-refractivity contribution in [1.29, 1.82) is 0 Å². The predicted octanol–water partition coefficient (Wildman–Crippen LogP) is 2.77. The van der Waals surface area contributed by atoms with Crippen molar-refractivity contribution < 1.29 is 5.11 Å². The van der Waals surface area contributed by atoms with Crippen LogP contribution in [-0.2, 0) is 6.54 Å². The molecule has 4 heteroatoms. The number of fused-ring (bicyclic) bond motifs is 3. The first-order valence-corrected chi connectivity index (χ1v) is 6.78. The Morgan fingerprint density at radius 2 is 2.05 bits per heavy atom. The number of phenols is 1. The van der Waals surface area contributed by atoms with Crippen LogP contribution in [0.3, 0.4) is 0 Å². The van der Waals surface area contributed by atoms with Gasteiger partial charge in [-0.1, -0.05) is 0 Å². The number of benzene rings is 1. The second-order valence-corrected chi connectivity index (χ2v) is 5.50. The maximum atomic E-state index is 9.90. The minimum absolute atomic E-state index is 0.317. The highest BCUT2D eigenvalue weighted by atomic mass is 16.3. The van der Waals surface area contributed by atoms with Gasteiger partial charge in [0.2, 0.25) is 0 Å². The number of hydrogen-bond acceptors (Lipinski definition) is 3. The SMILES string of the molecule is Cc1cc(O)cc2c1c1ccncc1n2CCN(C)C. The molecular weight excluding hydrogens is 250 g/mol. The molecule has 0 aliphatic heterocycles. The van der Waals surface area contributed by atoms with Gasteiger partial charge in [0.25, 0.3) is 0 Å². The molecule has 20 heavy (non-hydrogen) atoms. The minimum atomic E-state index is 0.317. The Morgan fingerprint density at radius 3 is 2.80 bits per heavy atom. The summed E-state index contributed by atoms with van der Waals surface area (Å²) in [7, 11) is 4.13. The maximum Gasteiger partial charge on any atom is 0.117 e. The fourth-order valence-electron chi connectivity index (χ4n) is 2.80. The van der Waals surface area contributed by atoms with Crippen LogP contribution in [0.4, 0.5) is 0 Å². The van der Waals surface area contributed by atoms with Crippen LogP contribution < -0.4 is 0 Å². The van der Waals surface area contributed by atoms with Gasteiger partial charge in [-0.05, 0) is 38.7 Å². The highest BCUT2D eigenvalue weighted by molar-refractivity contribution is 6.09. The number of aromatic hydroxyl groups is 1. The van der Waals surface area contributed by atoms with Crippen molar-refractivity contribution >= 4 is 21.8 Å². The fourth-order valence-corrected chi connectivity index (χ4v) is 2.80. The number of rotatable bonds is 3. The lowest BCUT2D eigenvalue weighted by atomic mass is 10.1. The zero-order valence-corrected chi connectivity index (χ0v) is 12.1. The Labute approximate surface area is 118 Å². The average Bonchev–Trinajstić information content (AvgIpc) is 2.70. The van der Waals surface area contributed by atoms with Crippen molar-refractivity contribution in [1.82, 2.24) is 14.5 Å². The van der Waals surface area contributed by atoms with E-state index in [4.69, 9.17) is 0 Å². The summed E-state index contributed by atoms with van der Waals surface area (Å²) in [6.07, 6.45) is 3.73. The molecule has 2 aromatic heterocycles. The van der Waals surface area contributed by atoms with Crippen molar-refractivity contribution in [2.75, 3.05) is 20.6 Å². The van der Waals surface area contributed by atoms with Gasteiger partial charge in [-0.2, -0.15) is 0 Å². The number of likely N-dealkylation sites (N-methyl/N-ethyl adjacent to an activating group) is 1. The number of phenolic OH excluding ortho intramolecular Hbond substituents is 1. The summed E-state index contributed by atoms with van der Waals surface area (Å²) in [5.41, 5.74) is 3.30. The Hall–Kier alpha value is -2.07. The van der Waals surface area contributed by atoms with E-state index in [0.717, 1.165) is 29.7 Å².